The van der Waals surface area contributed by atoms with E-state index in [0.29, 0.717) is 0 Å². The molecule has 0 spiro atoms. The summed E-state index contributed by atoms with van der Waals surface area (Å²) in [6.45, 7) is 56.7. The molecule has 0 nitrogen and oxygen atoms in total. The predicted molar refractivity (Wildman–Crippen MR) is 341 cm³/mol. The van der Waals surface area contributed by atoms with Crippen molar-refractivity contribution in [3.8, 4) is 0 Å². The molecular formula is C77H142. The quantitative estimate of drug-likeness (QED) is 0.216. The fourth-order valence-corrected chi connectivity index (χ4v) is 24.0. The van der Waals surface area contributed by atoms with Crippen LogP contribution >= 0.6 is 0 Å². The van der Waals surface area contributed by atoms with Crippen molar-refractivity contribution in [2.45, 2.75) is 293 Å². The van der Waals surface area contributed by atoms with Crippen LogP contribution in [0.5, 0.6) is 0 Å². The Morgan fingerprint density at radius 3 is 0.532 bits per heavy atom. The van der Waals surface area contributed by atoms with Crippen LogP contribution in [0.25, 0.3) is 0 Å². The highest BCUT2D eigenvalue weighted by Crippen LogP contribution is 2.60. The molecule has 0 heterocycles. The molecule has 0 aromatic carbocycles. The molecule has 20 unspecified atom stereocenters. The fourth-order valence-electron chi connectivity index (χ4n) is 24.0. The van der Waals surface area contributed by atoms with Crippen molar-refractivity contribution in [1.29, 1.82) is 0 Å². The van der Waals surface area contributed by atoms with E-state index in [0.717, 1.165) is 195 Å². The van der Waals surface area contributed by atoms with E-state index < -0.39 is 0 Å². The van der Waals surface area contributed by atoms with Gasteiger partial charge in [0.1, 0.15) is 0 Å². The smallest absolute Gasteiger partial charge is 0.0355 e. The van der Waals surface area contributed by atoms with Crippen LogP contribution in [0, 0.1) is 195 Å². The van der Waals surface area contributed by atoms with Gasteiger partial charge in [0.05, 0.1) is 0 Å². The lowest BCUT2D eigenvalue weighted by Crippen LogP contribution is -2.46. The first-order valence-electron chi connectivity index (χ1n) is 36.7. The normalized spacial score (nSPS) is 52.9. The number of hydrogen-bond donors (Lipinski definition) is 0. The van der Waals surface area contributed by atoms with E-state index >= 15 is 0 Å². The van der Waals surface area contributed by atoms with Crippen molar-refractivity contribution >= 4 is 0 Å². The SMILES string of the molecule is CCC1CC2[C@@H](CC)CC(CC3[C@@H](CC)CC(CC4[C@@H](CC)CC(CC5[C@@H](CC)CC(CC6[C@@H](CC)CC(CC7[C@@H](CC)CC(CC(CC)[C@@H](CC)C1)C(C)[C@H]7C)C(C)[C@H]6C)C(C)[C@H]5C)C(C)[C@H]4C)C(C)[C@H]3C)C(C)[C@H]2C. The Bertz CT molecular complexity index is 1680. The molecule has 0 saturated heterocycles. The molecule has 33 atom stereocenters. The molecule has 13 aliphatic rings. The van der Waals surface area contributed by atoms with Crippen molar-refractivity contribution in [3.05, 3.63) is 0 Å². The maximum atomic E-state index is 2.78. The van der Waals surface area contributed by atoms with E-state index in [1.54, 1.807) is 0 Å². The highest BCUT2D eigenvalue weighted by molar-refractivity contribution is 5.01. The second-order valence-corrected chi connectivity index (χ2v) is 32.8. The number of rotatable bonds is 9. The zero-order chi connectivity index (χ0) is 56.3. The van der Waals surface area contributed by atoms with Gasteiger partial charge in [0.25, 0.3) is 0 Å². The van der Waals surface area contributed by atoms with Gasteiger partial charge in [0.15, 0.2) is 0 Å². The minimum Gasteiger partial charge on any atom is -0.0651 e. The first kappa shape index (κ1) is 64.6. The van der Waals surface area contributed by atoms with Crippen molar-refractivity contribution in [3.63, 3.8) is 0 Å². The van der Waals surface area contributed by atoms with Crippen molar-refractivity contribution < 1.29 is 0 Å². The van der Waals surface area contributed by atoms with E-state index in [1.807, 2.05) is 0 Å². The lowest BCUT2D eigenvalue weighted by molar-refractivity contribution is -0.0442. The Kier molecular flexibility index (Phi) is 24.1. The zero-order valence-corrected chi connectivity index (χ0v) is 56.3. The van der Waals surface area contributed by atoms with Crippen molar-refractivity contribution in [1.82, 2.24) is 0 Å². The average molecular weight is 1070 g/mol. The molecular weight excluding hydrogens is 925 g/mol. The van der Waals surface area contributed by atoms with Crippen LogP contribution < -0.4 is 0 Å². The lowest BCUT2D eigenvalue weighted by atomic mass is 9.52. The Morgan fingerprint density at radius 2 is 0.338 bits per heavy atom. The Labute approximate surface area is 485 Å². The van der Waals surface area contributed by atoms with Crippen molar-refractivity contribution in [2.24, 2.45) is 195 Å². The minimum atomic E-state index is 0.864. The molecule has 13 rings (SSSR count). The van der Waals surface area contributed by atoms with Crippen LogP contribution in [-0.4, -0.2) is 0 Å². The van der Waals surface area contributed by atoms with Crippen LogP contribution in [0.3, 0.4) is 0 Å². The summed E-state index contributed by atoms with van der Waals surface area (Å²) >= 11 is 0. The van der Waals surface area contributed by atoms with Gasteiger partial charge in [-0.25, -0.2) is 0 Å². The Balaban J connectivity index is 1.17. The molecule has 77 heavy (non-hydrogen) atoms. The van der Waals surface area contributed by atoms with Gasteiger partial charge in [-0.1, -0.05) is 203 Å². The third-order valence-corrected chi connectivity index (χ3v) is 30.9. The van der Waals surface area contributed by atoms with E-state index in [-0.39, 0.29) is 0 Å². The average Bonchev–Trinajstić information content (AvgIpc) is 3.43. The van der Waals surface area contributed by atoms with Gasteiger partial charge in [-0.3, -0.25) is 0 Å². The summed E-state index contributed by atoms with van der Waals surface area (Å²) in [5.41, 5.74) is 0. The molecule has 0 aromatic rings. The van der Waals surface area contributed by atoms with Crippen LogP contribution in [0.4, 0.5) is 0 Å². The first-order chi connectivity index (χ1) is 36.7. The third-order valence-electron chi connectivity index (χ3n) is 30.9. The molecule has 13 aliphatic carbocycles. The third kappa shape index (κ3) is 13.7. The van der Waals surface area contributed by atoms with Gasteiger partial charge in [0, 0.05) is 0 Å². The zero-order valence-electron chi connectivity index (χ0n) is 56.3. The summed E-state index contributed by atoms with van der Waals surface area (Å²) in [5.74, 6) is 29.8. The van der Waals surface area contributed by atoms with E-state index in [9.17, 15) is 0 Å². The largest absolute Gasteiger partial charge is 0.0651 e. The topological polar surface area (TPSA) is 0 Å². The van der Waals surface area contributed by atoms with Gasteiger partial charge in [-0.15, -0.1) is 0 Å². The van der Waals surface area contributed by atoms with Crippen molar-refractivity contribution in [2.75, 3.05) is 0 Å². The Hall–Kier alpha value is 0. The minimum absolute atomic E-state index is 0.864. The summed E-state index contributed by atoms with van der Waals surface area (Å²) in [5, 5.41) is 0. The van der Waals surface area contributed by atoms with Gasteiger partial charge in [0.2, 0.25) is 0 Å². The van der Waals surface area contributed by atoms with Gasteiger partial charge >= 0.3 is 0 Å². The molecule has 13 saturated carbocycles. The van der Waals surface area contributed by atoms with Gasteiger partial charge < -0.3 is 0 Å². The molecule has 0 aromatic heterocycles. The summed E-state index contributed by atoms with van der Waals surface area (Å²) < 4.78 is 0. The van der Waals surface area contributed by atoms with Crippen LogP contribution in [0.15, 0.2) is 0 Å². The molecule has 0 aliphatic heterocycles. The second-order valence-electron chi connectivity index (χ2n) is 32.8. The lowest BCUT2D eigenvalue weighted by Gasteiger charge is -2.54. The molecule has 450 valence electrons. The van der Waals surface area contributed by atoms with Crippen LogP contribution in [-0.2, 0) is 0 Å². The highest BCUT2D eigenvalue weighted by atomic mass is 14.6. The standard InChI is InChI=1S/C77H142/c1-22-57-31-58(23-2)59(24-3)33-66-34-61(26-5)73(52(17)45(66)10)41-68-36-63(28-7)75(54(19)47(68)12)43-70-38-65(30-9)77(56(21)49(70)14)44-71-39-64(29-8)76(55(20)50(71)15)42-69-37-62(27-6)74(53(18)48(69)13)40-67-35-60(25-4)72(32-57)51(16)46(67)11/h45-77H,22-44H2,1-21H3/t45?,46?,47?,48?,49?,50?,51-,52-,53-,54-,55-,56-,57?,58+,59?,60+,61+,62+,63+,64+,65+,66?,67?,68?,69?,70?,71?,72?,73?,74?,75?,76?,77?/m1/s1. The number of fused-ring (bicyclic) bond motifs is 6. The maximum absolute atomic E-state index is 2.78. The van der Waals surface area contributed by atoms with Crippen LogP contribution in [0.1, 0.15) is 293 Å². The number of hydrogen-bond acceptors (Lipinski definition) is 0. The molecule has 0 radical (unpaired) electrons. The predicted octanol–water partition coefficient (Wildman–Crippen LogP) is 23.8. The molecule has 0 N–H and O–H groups in total. The van der Waals surface area contributed by atoms with Gasteiger partial charge in [-0.05, 0) is 285 Å². The monoisotopic (exact) mass is 1070 g/mol. The summed E-state index contributed by atoms with van der Waals surface area (Å²) in [4.78, 5) is 0. The highest BCUT2D eigenvalue weighted by Gasteiger charge is 2.51. The van der Waals surface area contributed by atoms with Crippen LogP contribution in [0.2, 0.25) is 0 Å². The summed E-state index contributed by atoms with van der Waals surface area (Å²) in [6, 6.07) is 0. The molecule has 13 fully saturated rings. The van der Waals surface area contributed by atoms with Gasteiger partial charge in [-0.2, -0.15) is 0 Å². The molecule has 0 amide bonds. The van der Waals surface area contributed by atoms with E-state index in [4.69, 9.17) is 0 Å². The van der Waals surface area contributed by atoms with E-state index in [2.05, 4.69) is 145 Å². The maximum Gasteiger partial charge on any atom is -0.0355 e. The summed E-state index contributed by atoms with van der Waals surface area (Å²) in [6.07, 6.45) is 34.0. The fraction of sp³-hybridized carbons (Fsp3) is 1.00. The Morgan fingerprint density at radius 1 is 0.169 bits per heavy atom. The summed E-state index contributed by atoms with van der Waals surface area (Å²) in [7, 11) is 0. The second kappa shape index (κ2) is 28.7. The first-order valence-corrected chi connectivity index (χ1v) is 36.7. The molecule has 12 bridgehead atoms. The molecule has 0 heteroatoms. The van der Waals surface area contributed by atoms with E-state index in [1.165, 1.54) is 148 Å².